The molecule has 0 spiro atoms. The summed E-state index contributed by atoms with van der Waals surface area (Å²) >= 11 is 18.0. The van der Waals surface area contributed by atoms with E-state index in [1.807, 2.05) is 18.2 Å². The number of hydrogen-bond acceptors (Lipinski definition) is 5. The van der Waals surface area contributed by atoms with Crippen LogP contribution in [0.4, 0.5) is 11.4 Å². The quantitative estimate of drug-likeness (QED) is 0.202. The van der Waals surface area contributed by atoms with Crippen molar-refractivity contribution in [2.75, 3.05) is 10.8 Å². The lowest BCUT2D eigenvalue weighted by Gasteiger charge is -2.13. The Morgan fingerprint density at radius 1 is 0.969 bits per heavy atom. The van der Waals surface area contributed by atoms with Crippen molar-refractivity contribution in [2.45, 2.75) is 6.54 Å². The highest BCUT2D eigenvalue weighted by molar-refractivity contribution is 6.36. The molecule has 32 heavy (non-hydrogen) atoms. The minimum atomic E-state index is -0.543. The van der Waals surface area contributed by atoms with Gasteiger partial charge in [-0.05, 0) is 60.2 Å². The Hall–Kier alpha value is -3.37. The summed E-state index contributed by atoms with van der Waals surface area (Å²) in [6, 6.07) is 20.6. The highest BCUT2D eigenvalue weighted by atomic mass is 35.5. The van der Waals surface area contributed by atoms with Gasteiger partial charge in [0.15, 0.2) is 0 Å². The van der Waals surface area contributed by atoms with Crippen LogP contribution in [-0.2, 0) is 16.2 Å². The van der Waals surface area contributed by atoms with Gasteiger partial charge in [0, 0.05) is 22.8 Å². The van der Waals surface area contributed by atoms with Crippen LogP contribution < -0.4 is 16.1 Å². The Morgan fingerprint density at radius 3 is 2.31 bits per heavy atom. The number of nitrogens with zero attached hydrogens (tertiary/aromatic N) is 1. The molecule has 0 atom stereocenters. The van der Waals surface area contributed by atoms with Crippen molar-refractivity contribution >= 4 is 52.1 Å². The minimum absolute atomic E-state index is 0.0469. The summed E-state index contributed by atoms with van der Waals surface area (Å²) in [5.74, 6) is -0.590. The number of amides is 1. The molecule has 0 saturated heterocycles. The van der Waals surface area contributed by atoms with Crippen molar-refractivity contribution in [3.8, 4) is 6.07 Å². The maximum atomic E-state index is 12.8. The molecule has 3 aromatic rings. The summed E-state index contributed by atoms with van der Waals surface area (Å²) in [4.78, 5) is 18.3. The first-order chi connectivity index (χ1) is 15.4. The van der Waals surface area contributed by atoms with Crippen LogP contribution in [0.25, 0.3) is 0 Å². The molecule has 3 aromatic carbocycles. The largest absolute Gasteiger partial charge is 0.384 e. The normalized spacial score (nSPS) is 10.8. The molecule has 0 heterocycles. The van der Waals surface area contributed by atoms with Crippen LogP contribution in [0.2, 0.25) is 15.1 Å². The standard InChI is InChI=1S/C23H17Cl3N4O2/c24-17-5-1-16(2-6-17)13-28-14-22(32-30-19-8-3-15(12-27)4-9-19)23(31)29-21-10-7-18(25)11-20(21)26/h1-11,14,28,30H,13H2,(H,29,31)/b22-14+. The van der Waals surface area contributed by atoms with E-state index in [1.165, 1.54) is 12.3 Å². The number of nitrogens with one attached hydrogen (secondary N) is 3. The van der Waals surface area contributed by atoms with Crippen LogP contribution >= 0.6 is 34.8 Å². The Morgan fingerprint density at radius 2 is 1.66 bits per heavy atom. The fraction of sp³-hybridized carbons (Fsp3) is 0.0435. The molecule has 0 fully saturated rings. The molecule has 6 nitrogen and oxygen atoms in total. The first-order valence-corrected chi connectivity index (χ1v) is 10.5. The Balaban J connectivity index is 1.72. The molecule has 0 aliphatic rings. The number of rotatable bonds is 8. The molecular weight excluding hydrogens is 471 g/mol. The highest BCUT2D eigenvalue weighted by Crippen LogP contribution is 2.26. The molecule has 0 saturated carbocycles. The topological polar surface area (TPSA) is 86.2 Å². The van der Waals surface area contributed by atoms with Gasteiger partial charge in [-0.2, -0.15) is 5.26 Å². The number of halogens is 3. The maximum Gasteiger partial charge on any atom is 0.295 e. The van der Waals surface area contributed by atoms with Crippen LogP contribution in [0.3, 0.4) is 0 Å². The SMILES string of the molecule is N#Cc1ccc(NO/C(=C/NCc2ccc(Cl)cc2)C(=O)Nc2ccc(Cl)cc2Cl)cc1. The van der Waals surface area contributed by atoms with Crippen molar-refractivity contribution in [3.05, 3.63) is 105 Å². The first kappa shape index (κ1) is 23.3. The summed E-state index contributed by atoms with van der Waals surface area (Å²) in [5, 5.41) is 16.0. The fourth-order valence-corrected chi connectivity index (χ4v) is 3.09. The summed E-state index contributed by atoms with van der Waals surface area (Å²) < 4.78 is 0. The van der Waals surface area contributed by atoms with E-state index in [-0.39, 0.29) is 5.76 Å². The van der Waals surface area contributed by atoms with Gasteiger partial charge < -0.3 is 15.5 Å². The van der Waals surface area contributed by atoms with Crippen molar-refractivity contribution in [1.82, 2.24) is 5.32 Å². The van der Waals surface area contributed by atoms with Gasteiger partial charge in [0.25, 0.3) is 5.91 Å². The monoisotopic (exact) mass is 486 g/mol. The van der Waals surface area contributed by atoms with Crippen molar-refractivity contribution < 1.29 is 9.63 Å². The van der Waals surface area contributed by atoms with Gasteiger partial charge in [-0.15, -0.1) is 0 Å². The van der Waals surface area contributed by atoms with Gasteiger partial charge in [0.1, 0.15) is 0 Å². The molecule has 1 amide bonds. The number of hydrogen-bond donors (Lipinski definition) is 3. The van der Waals surface area contributed by atoms with E-state index in [0.717, 1.165) is 5.56 Å². The molecule has 0 radical (unpaired) electrons. The second kappa shape index (κ2) is 11.3. The highest BCUT2D eigenvalue weighted by Gasteiger charge is 2.14. The number of benzene rings is 3. The zero-order chi connectivity index (χ0) is 22.9. The Labute approximate surface area is 200 Å². The van der Waals surface area contributed by atoms with E-state index in [0.29, 0.717) is 38.6 Å². The predicted octanol–water partition coefficient (Wildman–Crippen LogP) is 6.13. The van der Waals surface area contributed by atoms with E-state index < -0.39 is 5.91 Å². The minimum Gasteiger partial charge on any atom is -0.384 e. The summed E-state index contributed by atoms with van der Waals surface area (Å²) in [7, 11) is 0. The third-order valence-electron chi connectivity index (χ3n) is 4.15. The van der Waals surface area contributed by atoms with Gasteiger partial charge in [-0.3, -0.25) is 4.79 Å². The lowest BCUT2D eigenvalue weighted by molar-refractivity contribution is -0.115. The summed E-state index contributed by atoms with van der Waals surface area (Å²) in [5.41, 5.74) is 5.10. The lowest BCUT2D eigenvalue weighted by atomic mass is 10.2. The van der Waals surface area contributed by atoms with Crippen molar-refractivity contribution in [1.29, 1.82) is 5.26 Å². The molecule has 0 bridgehead atoms. The van der Waals surface area contributed by atoms with Crippen LogP contribution in [-0.4, -0.2) is 5.91 Å². The molecule has 162 valence electrons. The lowest BCUT2D eigenvalue weighted by Crippen LogP contribution is -2.21. The third kappa shape index (κ3) is 6.82. The number of carbonyl (C=O) groups excluding carboxylic acids is 1. The van der Waals surface area contributed by atoms with E-state index in [2.05, 4.69) is 16.1 Å². The van der Waals surface area contributed by atoms with E-state index in [9.17, 15) is 4.79 Å². The van der Waals surface area contributed by atoms with Gasteiger partial charge in [-0.1, -0.05) is 46.9 Å². The van der Waals surface area contributed by atoms with Crippen LogP contribution in [0.1, 0.15) is 11.1 Å². The van der Waals surface area contributed by atoms with Gasteiger partial charge in [0.05, 0.1) is 28.0 Å². The number of carbonyl (C=O) groups is 1. The molecule has 0 aromatic heterocycles. The first-order valence-electron chi connectivity index (χ1n) is 9.32. The van der Waals surface area contributed by atoms with E-state index in [4.69, 9.17) is 44.9 Å². The van der Waals surface area contributed by atoms with Gasteiger partial charge in [0.2, 0.25) is 5.76 Å². The fourth-order valence-electron chi connectivity index (χ4n) is 2.51. The molecule has 0 aliphatic carbocycles. The summed E-state index contributed by atoms with van der Waals surface area (Å²) in [6.45, 7) is 0.440. The maximum absolute atomic E-state index is 12.8. The average molecular weight is 488 g/mol. The van der Waals surface area contributed by atoms with Crippen LogP contribution in [0, 0.1) is 11.3 Å². The molecular formula is C23H17Cl3N4O2. The molecule has 3 rings (SSSR count). The zero-order valence-electron chi connectivity index (χ0n) is 16.5. The van der Waals surface area contributed by atoms with Gasteiger partial charge in [-0.25, -0.2) is 5.48 Å². The predicted molar refractivity (Wildman–Crippen MR) is 127 cm³/mol. The van der Waals surface area contributed by atoms with Crippen molar-refractivity contribution in [2.24, 2.45) is 0 Å². The molecule has 0 aliphatic heterocycles. The second-order valence-corrected chi connectivity index (χ2v) is 7.77. The van der Waals surface area contributed by atoms with Crippen LogP contribution in [0.15, 0.2) is 78.7 Å². The number of nitriles is 1. The van der Waals surface area contributed by atoms with Crippen molar-refractivity contribution in [3.63, 3.8) is 0 Å². The number of anilines is 2. The van der Waals surface area contributed by atoms with E-state index >= 15 is 0 Å². The zero-order valence-corrected chi connectivity index (χ0v) is 18.8. The van der Waals surface area contributed by atoms with Crippen LogP contribution in [0.5, 0.6) is 0 Å². The Kier molecular flexibility index (Phi) is 8.23. The van der Waals surface area contributed by atoms with E-state index in [1.54, 1.807) is 48.5 Å². The Bertz CT molecular complexity index is 1160. The summed E-state index contributed by atoms with van der Waals surface area (Å²) in [6.07, 6.45) is 1.43. The molecule has 3 N–H and O–H groups in total. The second-order valence-electron chi connectivity index (χ2n) is 6.49. The smallest absolute Gasteiger partial charge is 0.295 e. The van der Waals surface area contributed by atoms with Gasteiger partial charge >= 0.3 is 0 Å². The average Bonchev–Trinajstić information content (AvgIpc) is 2.79. The molecule has 9 heteroatoms. The third-order valence-corrected chi connectivity index (χ3v) is 4.95. The molecule has 0 unspecified atom stereocenters.